The molecule has 1 amide bonds. The van der Waals surface area contributed by atoms with Crippen LogP contribution < -0.4 is 11.3 Å². The predicted octanol–water partition coefficient (Wildman–Crippen LogP) is 3.47. The van der Waals surface area contributed by atoms with E-state index in [1.54, 1.807) is 12.2 Å². The Kier molecular flexibility index (Phi) is 5.03. The van der Waals surface area contributed by atoms with Crippen LogP contribution in [-0.2, 0) is 4.79 Å². The zero-order valence-corrected chi connectivity index (χ0v) is 18.9. The summed E-state index contributed by atoms with van der Waals surface area (Å²) in [5, 5.41) is 12.5. The van der Waals surface area contributed by atoms with E-state index >= 15 is 0 Å². The van der Waals surface area contributed by atoms with Gasteiger partial charge in [0.05, 0.1) is 11.4 Å². The van der Waals surface area contributed by atoms with Crippen LogP contribution in [0.4, 0.5) is 5.82 Å². The molecular formula is C24H26N6O3. The zero-order valence-electron chi connectivity index (χ0n) is 18.9. The molecule has 1 aromatic carbocycles. The van der Waals surface area contributed by atoms with Crippen LogP contribution >= 0.6 is 0 Å². The summed E-state index contributed by atoms with van der Waals surface area (Å²) < 4.78 is 8.11. The number of amides is 1. The average molecular weight is 447 g/mol. The van der Waals surface area contributed by atoms with Crippen molar-refractivity contribution in [3.8, 4) is 11.5 Å². The second-order valence-corrected chi connectivity index (χ2v) is 8.59. The number of benzene rings is 1. The van der Waals surface area contributed by atoms with Gasteiger partial charge in [0.25, 0.3) is 5.56 Å². The lowest BCUT2D eigenvalue weighted by Crippen LogP contribution is -2.40. The van der Waals surface area contributed by atoms with E-state index in [1.807, 2.05) is 42.5 Å². The third kappa shape index (κ3) is 3.40. The van der Waals surface area contributed by atoms with Crippen LogP contribution in [0.15, 0.2) is 39.6 Å². The summed E-state index contributed by atoms with van der Waals surface area (Å²) in [6.45, 7) is 7.01. The van der Waals surface area contributed by atoms with Gasteiger partial charge in [-0.2, -0.15) is 10.2 Å². The van der Waals surface area contributed by atoms with Crippen molar-refractivity contribution in [2.75, 3.05) is 18.8 Å². The van der Waals surface area contributed by atoms with Crippen LogP contribution in [0.25, 0.3) is 33.3 Å². The fourth-order valence-electron chi connectivity index (χ4n) is 4.70. The molecule has 4 aromatic rings. The first-order valence-electron chi connectivity index (χ1n) is 11.1. The number of furan rings is 1. The second kappa shape index (κ2) is 7.91. The summed E-state index contributed by atoms with van der Waals surface area (Å²) in [6, 6.07) is 5.88. The van der Waals surface area contributed by atoms with Gasteiger partial charge >= 0.3 is 0 Å². The first kappa shape index (κ1) is 21.0. The largest absolute Gasteiger partial charge is 0.454 e. The summed E-state index contributed by atoms with van der Waals surface area (Å²) in [4.78, 5) is 26.9. The van der Waals surface area contributed by atoms with E-state index in [2.05, 4.69) is 21.4 Å². The number of likely N-dealkylation sites (tertiary alicyclic amines) is 1. The summed E-state index contributed by atoms with van der Waals surface area (Å²) in [7, 11) is 0. The average Bonchev–Trinajstić information content (AvgIpc) is 3.36. The number of rotatable bonds is 3. The number of nitrogens with zero attached hydrogens (tertiary/aromatic N) is 4. The molecule has 3 N–H and O–H groups in total. The van der Waals surface area contributed by atoms with Crippen molar-refractivity contribution in [3.05, 3.63) is 51.8 Å². The molecule has 0 aliphatic carbocycles. The van der Waals surface area contributed by atoms with Gasteiger partial charge in [0.1, 0.15) is 11.3 Å². The maximum Gasteiger partial charge on any atom is 0.292 e. The van der Waals surface area contributed by atoms with E-state index in [0.717, 1.165) is 34.9 Å². The highest BCUT2D eigenvalue weighted by atomic mass is 16.3. The number of carbonyl (C=O) groups excluding carboxylic acids is 1. The molecule has 0 radical (unpaired) electrons. The van der Waals surface area contributed by atoms with Crippen LogP contribution in [-0.4, -0.2) is 43.9 Å². The highest BCUT2D eigenvalue weighted by molar-refractivity contribution is 6.01. The van der Waals surface area contributed by atoms with E-state index < -0.39 is 5.56 Å². The molecule has 0 spiro atoms. The number of aromatic nitrogens is 4. The van der Waals surface area contributed by atoms with E-state index in [-0.39, 0.29) is 23.3 Å². The molecule has 0 saturated carbocycles. The van der Waals surface area contributed by atoms with Gasteiger partial charge in [-0.25, -0.2) is 5.10 Å². The number of nitrogen functional groups attached to an aromatic ring is 1. The SMILES string of the molecule is C/C=C/C(=O)N1CCCC(n2nc3c(=O)[nH]nc(N)c3c2-c2oc3ccc(C)cc3c2C)C1. The minimum absolute atomic E-state index is 0.0325. The number of aryl methyl sites for hydroxylation is 2. The van der Waals surface area contributed by atoms with Gasteiger partial charge in [0.2, 0.25) is 5.91 Å². The number of piperidine rings is 1. The minimum atomic E-state index is -0.415. The molecule has 0 bridgehead atoms. The van der Waals surface area contributed by atoms with Crippen molar-refractivity contribution >= 4 is 33.6 Å². The Morgan fingerprint density at radius 1 is 1.33 bits per heavy atom. The number of nitrogens with one attached hydrogen (secondary N) is 1. The third-order valence-electron chi connectivity index (χ3n) is 6.33. The Labute approximate surface area is 189 Å². The van der Waals surface area contributed by atoms with Crippen molar-refractivity contribution in [2.24, 2.45) is 0 Å². The van der Waals surface area contributed by atoms with E-state index in [1.165, 1.54) is 0 Å². The molecule has 170 valence electrons. The minimum Gasteiger partial charge on any atom is -0.454 e. The van der Waals surface area contributed by atoms with Gasteiger partial charge in [-0.15, -0.1) is 0 Å². The topological polar surface area (TPSA) is 123 Å². The molecule has 5 rings (SSSR count). The molecule has 9 nitrogen and oxygen atoms in total. The van der Waals surface area contributed by atoms with Gasteiger partial charge < -0.3 is 15.1 Å². The van der Waals surface area contributed by atoms with Crippen molar-refractivity contribution in [2.45, 2.75) is 39.7 Å². The monoisotopic (exact) mass is 446 g/mol. The van der Waals surface area contributed by atoms with Gasteiger partial charge in [0.15, 0.2) is 17.1 Å². The molecule has 9 heteroatoms. The van der Waals surface area contributed by atoms with E-state index in [9.17, 15) is 9.59 Å². The maximum absolute atomic E-state index is 12.6. The Morgan fingerprint density at radius 3 is 2.94 bits per heavy atom. The second-order valence-electron chi connectivity index (χ2n) is 8.59. The Balaban J connectivity index is 1.74. The lowest BCUT2D eigenvalue weighted by molar-refractivity contribution is -0.127. The fourth-order valence-corrected chi connectivity index (χ4v) is 4.70. The lowest BCUT2D eigenvalue weighted by atomic mass is 10.0. The molecule has 1 fully saturated rings. The molecule has 33 heavy (non-hydrogen) atoms. The zero-order chi connectivity index (χ0) is 23.3. The van der Waals surface area contributed by atoms with E-state index in [4.69, 9.17) is 10.2 Å². The Morgan fingerprint density at radius 2 is 2.15 bits per heavy atom. The predicted molar refractivity (Wildman–Crippen MR) is 127 cm³/mol. The summed E-state index contributed by atoms with van der Waals surface area (Å²) >= 11 is 0. The number of nitrogens with two attached hydrogens (primary N) is 1. The molecule has 1 aliphatic rings. The number of aromatic amines is 1. The maximum atomic E-state index is 12.6. The summed E-state index contributed by atoms with van der Waals surface area (Å²) in [5.41, 5.74) is 9.47. The molecule has 4 heterocycles. The van der Waals surface area contributed by atoms with Crippen molar-refractivity contribution in [3.63, 3.8) is 0 Å². The first-order valence-corrected chi connectivity index (χ1v) is 11.1. The highest BCUT2D eigenvalue weighted by Gasteiger charge is 2.31. The fraction of sp³-hybridized carbons (Fsp3) is 0.333. The van der Waals surface area contributed by atoms with Crippen LogP contribution in [0.5, 0.6) is 0 Å². The lowest BCUT2D eigenvalue weighted by Gasteiger charge is -2.33. The Bertz CT molecular complexity index is 1480. The molecule has 1 saturated heterocycles. The normalized spacial score (nSPS) is 16.9. The number of hydrogen-bond acceptors (Lipinski definition) is 6. The van der Waals surface area contributed by atoms with Gasteiger partial charge in [-0.05, 0) is 51.8 Å². The molecular weight excluding hydrogens is 420 g/mol. The molecule has 3 aromatic heterocycles. The standard InChI is InChI=1S/C24H26N6O3/c1-4-6-18(31)29-10-5-7-15(12-29)30-21(19-20(28-30)24(32)27-26-23(19)25)22-14(3)16-11-13(2)8-9-17(16)33-22/h4,6,8-9,11,15H,5,7,10,12H2,1-3H3,(H2,25,26)(H,27,32)/b6-4+. The van der Waals surface area contributed by atoms with Crippen molar-refractivity contribution < 1.29 is 9.21 Å². The smallest absolute Gasteiger partial charge is 0.292 e. The number of anilines is 1. The van der Waals surface area contributed by atoms with Crippen molar-refractivity contribution in [1.82, 2.24) is 24.9 Å². The van der Waals surface area contributed by atoms with Gasteiger partial charge in [0, 0.05) is 24.0 Å². The van der Waals surface area contributed by atoms with Gasteiger partial charge in [-0.3, -0.25) is 14.3 Å². The summed E-state index contributed by atoms with van der Waals surface area (Å²) in [6.07, 6.45) is 4.95. The molecule has 1 unspecified atom stereocenters. The number of allylic oxidation sites excluding steroid dienone is 1. The Hall–Kier alpha value is -3.88. The number of carbonyl (C=O) groups is 1. The number of H-pyrrole nitrogens is 1. The quantitative estimate of drug-likeness (QED) is 0.465. The van der Waals surface area contributed by atoms with Crippen LogP contribution in [0.3, 0.4) is 0 Å². The van der Waals surface area contributed by atoms with Gasteiger partial charge in [-0.1, -0.05) is 17.7 Å². The number of hydrogen-bond donors (Lipinski definition) is 2. The summed E-state index contributed by atoms with van der Waals surface area (Å²) in [5.74, 6) is 0.753. The van der Waals surface area contributed by atoms with Crippen molar-refractivity contribution in [1.29, 1.82) is 0 Å². The van der Waals surface area contributed by atoms with Crippen LogP contribution in [0.2, 0.25) is 0 Å². The molecule has 1 atom stereocenters. The van der Waals surface area contributed by atoms with E-state index in [0.29, 0.717) is 29.9 Å². The highest BCUT2D eigenvalue weighted by Crippen LogP contribution is 2.40. The van der Waals surface area contributed by atoms with Crippen LogP contribution in [0, 0.1) is 13.8 Å². The molecule has 1 aliphatic heterocycles. The number of fused-ring (bicyclic) bond motifs is 2. The van der Waals surface area contributed by atoms with Crippen LogP contribution in [0.1, 0.15) is 36.9 Å². The third-order valence-corrected chi connectivity index (χ3v) is 6.33. The first-order chi connectivity index (χ1) is 15.9.